The number of carbonyl (C=O) groups excluding carboxylic acids is 1. The summed E-state index contributed by atoms with van der Waals surface area (Å²) in [7, 11) is 0. The van der Waals surface area contributed by atoms with Crippen molar-refractivity contribution in [3.05, 3.63) is 65.7 Å². The van der Waals surface area contributed by atoms with Gasteiger partial charge in [0.25, 0.3) is 5.91 Å². The van der Waals surface area contributed by atoms with Gasteiger partial charge in [0, 0.05) is 37.2 Å². The number of hydrogen-bond donors (Lipinski definition) is 1. The van der Waals surface area contributed by atoms with Gasteiger partial charge < -0.3 is 9.88 Å². The Morgan fingerprint density at radius 2 is 1.86 bits per heavy atom. The first-order valence-electron chi connectivity index (χ1n) is 7.60. The summed E-state index contributed by atoms with van der Waals surface area (Å²) in [6.07, 6.45) is 3.40. The largest absolute Gasteiger partial charge is 0.348 e. The molecule has 4 nitrogen and oxygen atoms in total. The predicted molar refractivity (Wildman–Crippen MR) is 85.8 cm³/mol. The van der Waals surface area contributed by atoms with E-state index in [0.29, 0.717) is 0 Å². The van der Waals surface area contributed by atoms with Gasteiger partial charge in [-0.3, -0.25) is 4.79 Å². The van der Waals surface area contributed by atoms with Gasteiger partial charge in [0.2, 0.25) is 0 Å². The first kappa shape index (κ1) is 13.1. The Hall–Kier alpha value is -2.62. The summed E-state index contributed by atoms with van der Waals surface area (Å²) in [5.41, 5.74) is 3.01. The highest BCUT2D eigenvalue weighted by Gasteiger charge is 2.21. The van der Waals surface area contributed by atoms with Gasteiger partial charge in [0.1, 0.15) is 0 Å². The quantitative estimate of drug-likeness (QED) is 0.749. The zero-order chi connectivity index (χ0) is 14.9. The molecule has 0 bridgehead atoms. The van der Waals surface area contributed by atoms with E-state index >= 15 is 0 Å². The summed E-state index contributed by atoms with van der Waals surface area (Å²) >= 11 is 0. The van der Waals surface area contributed by atoms with Crippen molar-refractivity contribution in [1.82, 2.24) is 14.9 Å². The van der Waals surface area contributed by atoms with E-state index in [1.165, 1.54) is 0 Å². The van der Waals surface area contributed by atoms with Crippen LogP contribution in [-0.4, -0.2) is 33.9 Å². The number of rotatable bonds is 1. The van der Waals surface area contributed by atoms with Crippen LogP contribution in [0.5, 0.6) is 0 Å². The maximum Gasteiger partial charge on any atom is 0.253 e. The molecule has 0 fully saturated rings. The van der Waals surface area contributed by atoms with Gasteiger partial charge in [0.05, 0.1) is 12.0 Å². The molecule has 22 heavy (non-hydrogen) atoms. The van der Waals surface area contributed by atoms with Crippen molar-refractivity contribution in [2.45, 2.75) is 12.8 Å². The number of imidazole rings is 1. The molecule has 0 unspecified atom stereocenters. The Morgan fingerprint density at radius 3 is 2.77 bits per heavy atom. The second-order valence-electron chi connectivity index (χ2n) is 5.68. The number of aromatic nitrogens is 2. The SMILES string of the molecule is O=C(c1ccc2ccccc2c1)N1CCc2nc[nH]c2CC1. The van der Waals surface area contributed by atoms with Gasteiger partial charge >= 0.3 is 0 Å². The average molecular weight is 291 g/mol. The minimum absolute atomic E-state index is 0.107. The smallest absolute Gasteiger partial charge is 0.253 e. The van der Waals surface area contributed by atoms with Crippen LogP contribution in [-0.2, 0) is 12.8 Å². The Balaban J connectivity index is 1.59. The predicted octanol–water partition coefficient (Wildman–Crippen LogP) is 2.80. The van der Waals surface area contributed by atoms with Crippen molar-refractivity contribution in [3.8, 4) is 0 Å². The number of aromatic amines is 1. The van der Waals surface area contributed by atoms with Crippen LogP contribution in [0.15, 0.2) is 48.8 Å². The van der Waals surface area contributed by atoms with Crippen LogP contribution in [0.1, 0.15) is 21.7 Å². The molecule has 1 aliphatic heterocycles. The zero-order valence-electron chi connectivity index (χ0n) is 12.2. The summed E-state index contributed by atoms with van der Waals surface area (Å²) < 4.78 is 0. The number of nitrogens with zero attached hydrogens (tertiary/aromatic N) is 2. The van der Waals surface area contributed by atoms with Crippen molar-refractivity contribution in [2.75, 3.05) is 13.1 Å². The van der Waals surface area contributed by atoms with Crippen molar-refractivity contribution < 1.29 is 4.79 Å². The Labute approximate surface area is 128 Å². The third-order valence-corrected chi connectivity index (χ3v) is 4.34. The van der Waals surface area contributed by atoms with E-state index in [-0.39, 0.29) is 5.91 Å². The van der Waals surface area contributed by atoms with Crippen LogP contribution in [0, 0.1) is 0 Å². The molecule has 110 valence electrons. The molecule has 4 rings (SSSR count). The Kier molecular flexibility index (Phi) is 3.15. The van der Waals surface area contributed by atoms with Crippen LogP contribution < -0.4 is 0 Å². The molecule has 3 aromatic rings. The van der Waals surface area contributed by atoms with E-state index in [0.717, 1.165) is 53.7 Å². The normalized spacial score (nSPS) is 14.6. The highest BCUT2D eigenvalue weighted by atomic mass is 16.2. The number of fused-ring (bicyclic) bond motifs is 2. The number of hydrogen-bond acceptors (Lipinski definition) is 2. The van der Waals surface area contributed by atoms with E-state index in [9.17, 15) is 4.79 Å². The number of nitrogens with one attached hydrogen (secondary N) is 1. The lowest BCUT2D eigenvalue weighted by atomic mass is 10.1. The molecule has 0 atom stereocenters. The van der Waals surface area contributed by atoms with E-state index in [1.807, 2.05) is 41.3 Å². The number of H-pyrrole nitrogens is 1. The first-order valence-corrected chi connectivity index (χ1v) is 7.60. The lowest BCUT2D eigenvalue weighted by Gasteiger charge is -2.20. The summed E-state index contributed by atoms with van der Waals surface area (Å²) in [5.74, 6) is 0.107. The third-order valence-electron chi connectivity index (χ3n) is 4.34. The van der Waals surface area contributed by atoms with Crippen molar-refractivity contribution in [3.63, 3.8) is 0 Å². The van der Waals surface area contributed by atoms with Gasteiger partial charge in [0.15, 0.2) is 0 Å². The molecule has 1 N–H and O–H groups in total. The molecule has 2 heterocycles. The Morgan fingerprint density at radius 1 is 1.05 bits per heavy atom. The van der Waals surface area contributed by atoms with Crippen LogP contribution in [0.25, 0.3) is 10.8 Å². The molecular weight excluding hydrogens is 274 g/mol. The minimum Gasteiger partial charge on any atom is -0.348 e. The highest BCUT2D eigenvalue weighted by Crippen LogP contribution is 2.18. The van der Waals surface area contributed by atoms with Crippen LogP contribution >= 0.6 is 0 Å². The van der Waals surface area contributed by atoms with Gasteiger partial charge in [-0.05, 0) is 22.9 Å². The van der Waals surface area contributed by atoms with Gasteiger partial charge in [-0.15, -0.1) is 0 Å². The minimum atomic E-state index is 0.107. The maximum atomic E-state index is 12.8. The standard InChI is InChI=1S/C18H17N3O/c22-18(15-6-5-13-3-1-2-4-14(13)11-15)21-9-7-16-17(8-10-21)20-12-19-16/h1-6,11-12H,7-10H2,(H,19,20). The summed E-state index contributed by atoms with van der Waals surface area (Å²) in [4.78, 5) is 22.2. The molecule has 1 amide bonds. The van der Waals surface area contributed by atoms with Gasteiger partial charge in [-0.25, -0.2) is 4.98 Å². The topological polar surface area (TPSA) is 49.0 Å². The van der Waals surface area contributed by atoms with Crippen LogP contribution in [0.4, 0.5) is 0 Å². The zero-order valence-corrected chi connectivity index (χ0v) is 12.2. The average Bonchev–Trinajstić information content (AvgIpc) is 2.92. The summed E-state index contributed by atoms with van der Waals surface area (Å²) in [6, 6.07) is 14.1. The lowest BCUT2D eigenvalue weighted by molar-refractivity contribution is 0.0763. The summed E-state index contributed by atoms with van der Waals surface area (Å²) in [6.45, 7) is 1.46. The fourth-order valence-electron chi connectivity index (χ4n) is 3.09. The highest BCUT2D eigenvalue weighted by molar-refractivity contribution is 5.98. The fraction of sp³-hybridized carbons (Fsp3) is 0.222. The van der Waals surface area contributed by atoms with Crippen LogP contribution in [0.3, 0.4) is 0 Å². The third kappa shape index (κ3) is 2.26. The molecule has 0 aliphatic carbocycles. The number of benzene rings is 2. The molecule has 0 radical (unpaired) electrons. The van der Waals surface area contributed by atoms with E-state index in [2.05, 4.69) is 16.0 Å². The molecular formula is C18H17N3O. The Bertz CT molecular complexity index is 814. The van der Waals surface area contributed by atoms with Crippen molar-refractivity contribution in [2.24, 2.45) is 0 Å². The summed E-state index contributed by atoms with van der Waals surface area (Å²) in [5, 5.41) is 2.27. The molecule has 4 heteroatoms. The molecule has 1 aliphatic rings. The van der Waals surface area contributed by atoms with Crippen LogP contribution in [0.2, 0.25) is 0 Å². The van der Waals surface area contributed by atoms with Crippen molar-refractivity contribution in [1.29, 1.82) is 0 Å². The van der Waals surface area contributed by atoms with E-state index in [4.69, 9.17) is 0 Å². The maximum absolute atomic E-state index is 12.8. The van der Waals surface area contributed by atoms with Gasteiger partial charge in [-0.2, -0.15) is 0 Å². The van der Waals surface area contributed by atoms with Crippen molar-refractivity contribution >= 4 is 16.7 Å². The monoisotopic (exact) mass is 291 g/mol. The number of amides is 1. The molecule has 0 saturated carbocycles. The molecule has 0 saturated heterocycles. The van der Waals surface area contributed by atoms with Gasteiger partial charge in [-0.1, -0.05) is 30.3 Å². The molecule has 2 aromatic carbocycles. The fourth-order valence-corrected chi connectivity index (χ4v) is 3.09. The number of carbonyl (C=O) groups is 1. The molecule has 0 spiro atoms. The first-order chi connectivity index (χ1) is 10.8. The second-order valence-corrected chi connectivity index (χ2v) is 5.68. The molecule has 1 aromatic heterocycles. The lowest BCUT2D eigenvalue weighted by Crippen LogP contribution is -2.33. The second kappa shape index (κ2) is 5.30. The van der Waals surface area contributed by atoms with E-state index in [1.54, 1.807) is 6.33 Å². The van der Waals surface area contributed by atoms with E-state index < -0.39 is 0 Å².